The van der Waals surface area contributed by atoms with Crippen LogP contribution in [0.5, 0.6) is 0 Å². The Morgan fingerprint density at radius 1 is 1.47 bits per heavy atom. The molecule has 0 radical (unpaired) electrons. The summed E-state index contributed by atoms with van der Waals surface area (Å²) in [6.45, 7) is 7.07. The second-order valence-electron chi connectivity index (χ2n) is 4.94. The number of amides is 1. The molecule has 1 aromatic carbocycles. The standard InChI is InChI=1S/C13H20N2O2/c1-8-5-6-11(14)10(7-8)12(17)15-13(3,4)9(2)16/h5-7,9,16H,14H2,1-4H3,(H,15,17). The quantitative estimate of drug-likeness (QED) is 0.696. The van der Waals surface area contributed by atoms with Crippen molar-refractivity contribution in [2.24, 2.45) is 0 Å². The minimum absolute atomic E-state index is 0.267. The van der Waals surface area contributed by atoms with E-state index < -0.39 is 11.6 Å². The van der Waals surface area contributed by atoms with E-state index in [2.05, 4.69) is 5.32 Å². The molecule has 0 saturated carbocycles. The molecule has 0 heterocycles. The SMILES string of the molecule is Cc1ccc(N)c(C(=O)NC(C)(C)C(C)O)c1. The lowest BCUT2D eigenvalue weighted by atomic mass is 9.97. The Balaban J connectivity index is 2.94. The number of carbonyl (C=O) groups excluding carboxylic acids is 1. The van der Waals surface area contributed by atoms with Crippen LogP contribution in [0.2, 0.25) is 0 Å². The summed E-state index contributed by atoms with van der Waals surface area (Å²) in [6, 6.07) is 5.30. The van der Waals surface area contributed by atoms with Crippen LogP contribution in [0.3, 0.4) is 0 Å². The molecule has 0 bridgehead atoms. The average Bonchev–Trinajstić information content (AvgIpc) is 2.20. The van der Waals surface area contributed by atoms with Gasteiger partial charge in [0.1, 0.15) is 0 Å². The van der Waals surface area contributed by atoms with E-state index in [0.29, 0.717) is 11.3 Å². The minimum Gasteiger partial charge on any atom is -0.398 e. The zero-order valence-electron chi connectivity index (χ0n) is 10.7. The summed E-state index contributed by atoms with van der Waals surface area (Å²) in [6.07, 6.45) is -0.641. The van der Waals surface area contributed by atoms with Crippen LogP contribution >= 0.6 is 0 Å². The molecular weight excluding hydrogens is 216 g/mol. The zero-order chi connectivity index (χ0) is 13.2. The highest BCUT2D eigenvalue weighted by molar-refractivity contribution is 5.99. The summed E-state index contributed by atoms with van der Waals surface area (Å²) in [4.78, 5) is 12.0. The van der Waals surface area contributed by atoms with Crippen LogP contribution in [0, 0.1) is 6.92 Å². The van der Waals surface area contributed by atoms with Gasteiger partial charge in [0.25, 0.3) is 5.91 Å². The predicted octanol–water partition coefficient (Wildman–Crippen LogP) is 1.47. The Kier molecular flexibility index (Phi) is 3.78. The summed E-state index contributed by atoms with van der Waals surface area (Å²) < 4.78 is 0. The second kappa shape index (κ2) is 4.75. The van der Waals surface area contributed by atoms with Crippen LogP contribution < -0.4 is 11.1 Å². The Labute approximate surface area is 102 Å². The van der Waals surface area contributed by atoms with E-state index in [1.54, 1.807) is 32.9 Å². The van der Waals surface area contributed by atoms with Gasteiger partial charge in [0.15, 0.2) is 0 Å². The van der Waals surface area contributed by atoms with Gasteiger partial charge in [-0.3, -0.25) is 4.79 Å². The van der Waals surface area contributed by atoms with Crippen LogP contribution in [0.25, 0.3) is 0 Å². The number of nitrogen functional groups attached to an aromatic ring is 1. The Morgan fingerprint density at radius 3 is 2.59 bits per heavy atom. The number of hydrogen-bond acceptors (Lipinski definition) is 3. The Hall–Kier alpha value is -1.55. The number of benzene rings is 1. The second-order valence-corrected chi connectivity index (χ2v) is 4.94. The lowest BCUT2D eigenvalue weighted by Gasteiger charge is -2.29. The summed E-state index contributed by atoms with van der Waals surface area (Å²) in [5, 5.41) is 12.3. The fraction of sp³-hybridized carbons (Fsp3) is 0.462. The number of aliphatic hydroxyl groups is 1. The summed E-state index contributed by atoms with van der Waals surface area (Å²) in [7, 11) is 0. The van der Waals surface area contributed by atoms with Crippen molar-refractivity contribution >= 4 is 11.6 Å². The highest BCUT2D eigenvalue weighted by Gasteiger charge is 2.27. The van der Waals surface area contributed by atoms with E-state index in [1.807, 2.05) is 13.0 Å². The number of hydrogen-bond donors (Lipinski definition) is 3. The highest BCUT2D eigenvalue weighted by Crippen LogP contribution is 2.16. The van der Waals surface area contributed by atoms with E-state index in [0.717, 1.165) is 5.56 Å². The van der Waals surface area contributed by atoms with Gasteiger partial charge < -0.3 is 16.2 Å². The van der Waals surface area contributed by atoms with Gasteiger partial charge in [0, 0.05) is 5.69 Å². The van der Waals surface area contributed by atoms with Crippen molar-refractivity contribution < 1.29 is 9.90 Å². The minimum atomic E-state index is -0.687. The molecule has 17 heavy (non-hydrogen) atoms. The molecule has 4 heteroatoms. The maximum atomic E-state index is 12.0. The number of anilines is 1. The lowest BCUT2D eigenvalue weighted by molar-refractivity contribution is 0.0710. The molecule has 1 aromatic rings. The third-order valence-electron chi connectivity index (χ3n) is 2.93. The number of nitrogens with one attached hydrogen (secondary N) is 1. The van der Waals surface area contributed by atoms with Crippen molar-refractivity contribution in [2.75, 3.05) is 5.73 Å². The van der Waals surface area contributed by atoms with Crippen molar-refractivity contribution in [1.29, 1.82) is 0 Å². The first-order valence-corrected chi connectivity index (χ1v) is 5.61. The lowest BCUT2D eigenvalue weighted by Crippen LogP contribution is -2.51. The van der Waals surface area contributed by atoms with Gasteiger partial charge in [-0.1, -0.05) is 11.6 Å². The average molecular weight is 236 g/mol. The van der Waals surface area contributed by atoms with Gasteiger partial charge in [0.2, 0.25) is 0 Å². The van der Waals surface area contributed by atoms with E-state index in [1.165, 1.54) is 0 Å². The molecule has 0 saturated heterocycles. The summed E-state index contributed by atoms with van der Waals surface area (Å²) in [5.41, 5.74) is 6.93. The molecule has 1 amide bonds. The molecule has 1 unspecified atom stereocenters. The van der Waals surface area contributed by atoms with Crippen molar-refractivity contribution in [1.82, 2.24) is 5.32 Å². The number of nitrogens with two attached hydrogens (primary N) is 1. The van der Waals surface area contributed by atoms with Gasteiger partial charge >= 0.3 is 0 Å². The first-order chi connectivity index (χ1) is 7.74. The summed E-state index contributed by atoms with van der Waals surface area (Å²) in [5.74, 6) is -0.267. The zero-order valence-corrected chi connectivity index (χ0v) is 10.7. The van der Waals surface area contributed by atoms with Crippen LogP contribution in [0.1, 0.15) is 36.7 Å². The monoisotopic (exact) mass is 236 g/mol. The molecule has 0 spiro atoms. The molecule has 1 rings (SSSR count). The molecule has 0 aliphatic heterocycles. The van der Waals surface area contributed by atoms with Crippen molar-refractivity contribution in [3.63, 3.8) is 0 Å². The first kappa shape index (κ1) is 13.5. The fourth-order valence-corrected chi connectivity index (χ4v) is 1.33. The summed E-state index contributed by atoms with van der Waals surface area (Å²) >= 11 is 0. The van der Waals surface area contributed by atoms with Crippen LogP contribution in [0.4, 0.5) is 5.69 Å². The van der Waals surface area contributed by atoms with Crippen LogP contribution in [-0.4, -0.2) is 22.7 Å². The number of rotatable bonds is 3. The Bertz CT molecular complexity index is 425. The molecule has 0 aliphatic rings. The molecule has 4 N–H and O–H groups in total. The predicted molar refractivity (Wildman–Crippen MR) is 68.8 cm³/mol. The molecule has 4 nitrogen and oxygen atoms in total. The van der Waals surface area contributed by atoms with Crippen molar-refractivity contribution in [2.45, 2.75) is 39.3 Å². The normalized spacial score (nSPS) is 13.2. The first-order valence-electron chi connectivity index (χ1n) is 5.61. The van der Waals surface area contributed by atoms with Crippen molar-refractivity contribution in [3.8, 4) is 0 Å². The van der Waals surface area contributed by atoms with Crippen LogP contribution in [-0.2, 0) is 0 Å². The molecule has 94 valence electrons. The van der Waals surface area contributed by atoms with Gasteiger partial charge in [-0.2, -0.15) is 0 Å². The fourth-order valence-electron chi connectivity index (χ4n) is 1.33. The largest absolute Gasteiger partial charge is 0.398 e. The molecular formula is C13H20N2O2. The van der Waals surface area contributed by atoms with Gasteiger partial charge in [0.05, 0.1) is 17.2 Å². The number of aryl methyl sites for hydroxylation is 1. The number of carbonyl (C=O) groups is 1. The highest BCUT2D eigenvalue weighted by atomic mass is 16.3. The third-order valence-corrected chi connectivity index (χ3v) is 2.93. The smallest absolute Gasteiger partial charge is 0.253 e. The van der Waals surface area contributed by atoms with Gasteiger partial charge in [-0.05, 0) is 39.8 Å². The topological polar surface area (TPSA) is 75.4 Å². The van der Waals surface area contributed by atoms with Crippen LogP contribution in [0.15, 0.2) is 18.2 Å². The van der Waals surface area contributed by atoms with Gasteiger partial charge in [-0.25, -0.2) is 0 Å². The van der Waals surface area contributed by atoms with E-state index in [4.69, 9.17) is 5.73 Å². The Morgan fingerprint density at radius 2 is 2.06 bits per heavy atom. The maximum absolute atomic E-state index is 12.0. The molecule has 0 aliphatic carbocycles. The van der Waals surface area contributed by atoms with E-state index in [-0.39, 0.29) is 5.91 Å². The maximum Gasteiger partial charge on any atom is 0.253 e. The molecule has 0 aromatic heterocycles. The van der Waals surface area contributed by atoms with Crippen molar-refractivity contribution in [3.05, 3.63) is 29.3 Å². The van der Waals surface area contributed by atoms with E-state index in [9.17, 15) is 9.90 Å². The van der Waals surface area contributed by atoms with E-state index >= 15 is 0 Å². The third kappa shape index (κ3) is 3.20. The van der Waals surface area contributed by atoms with Gasteiger partial charge in [-0.15, -0.1) is 0 Å². The number of aliphatic hydroxyl groups excluding tert-OH is 1. The molecule has 1 atom stereocenters. The molecule has 0 fully saturated rings.